The van der Waals surface area contributed by atoms with Crippen LogP contribution in [0.3, 0.4) is 0 Å². The fourth-order valence-corrected chi connectivity index (χ4v) is 1.64. The van der Waals surface area contributed by atoms with Gasteiger partial charge in [0.05, 0.1) is 35.0 Å². The molecule has 0 amide bonds. The van der Waals surface area contributed by atoms with Crippen LogP contribution in [-0.4, -0.2) is 17.3 Å². The molecule has 0 aliphatic rings. The molecule has 82 valence electrons. The Morgan fingerprint density at radius 1 is 1.53 bits per heavy atom. The van der Waals surface area contributed by atoms with E-state index in [2.05, 4.69) is 4.33 Å². The van der Waals surface area contributed by atoms with Gasteiger partial charge in [-0.15, -0.1) is 0 Å². The molecule has 1 aromatic carbocycles. The van der Waals surface area contributed by atoms with Gasteiger partial charge in [0.1, 0.15) is 5.75 Å². The van der Waals surface area contributed by atoms with Crippen molar-refractivity contribution in [1.82, 2.24) is 0 Å². The highest BCUT2D eigenvalue weighted by Crippen LogP contribution is 2.34. The molecular weight excluding hydrogens is 222 g/mol. The lowest BCUT2D eigenvalue weighted by molar-refractivity contribution is -0.385. The summed E-state index contributed by atoms with van der Waals surface area (Å²) in [6.07, 6.45) is 0. The van der Waals surface area contributed by atoms with Crippen molar-refractivity contribution >= 4 is 17.7 Å². The van der Waals surface area contributed by atoms with E-state index in [1.807, 2.05) is 0 Å². The Bertz CT molecular complexity index is 382. The maximum atomic E-state index is 10.6. The van der Waals surface area contributed by atoms with Crippen LogP contribution in [0, 0.1) is 17.0 Å². The van der Waals surface area contributed by atoms with Gasteiger partial charge in [-0.1, -0.05) is 0 Å². The summed E-state index contributed by atoms with van der Waals surface area (Å²) in [7, 11) is 1.38. The van der Waals surface area contributed by atoms with Gasteiger partial charge < -0.3 is 4.74 Å². The monoisotopic (exact) mass is 231 g/mol. The van der Waals surface area contributed by atoms with Crippen LogP contribution in [0.4, 0.5) is 5.69 Å². The van der Waals surface area contributed by atoms with Crippen LogP contribution in [0.25, 0.3) is 0 Å². The van der Waals surface area contributed by atoms with Crippen molar-refractivity contribution in [2.24, 2.45) is 0 Å². The number of nitrogens with zero attached hydrogens (tertiary/aromatic N) is 1. The first-order chi connectivity index (χ1) is 7.10. The van der Waals surface area contributed by atoms with E-state index in [0.29, 0.717) is 22.5 Å². The third kappa shape index (κ3) is 2.58. The molecule has 0 radical (unpaired) electrons. The Morgan fingerprint density at radius 2 is 2.20 bits per heavy atom. The van der Waals surface area contributed by atoms with Gasteiger partial charge in [-0.25, -0.2) is 5.26 Å². The van der Waals surface area contributed by atoms with Crippen molar-refractivity contribution in [3.63, 3.8) is 0 Å². The standard InChI is InChI=1S/C8H9NO5S/c1-5-3-8(15-14-12)7(13-2)4-6(5)9(10)11/h3-4,12H,1-2H3. The van der Waals surface area contributed by atoms with Crippen molar-refractivity contribution < 1.29 is 19.3 Å². The largest absolute Gasteiger partial charge is 0.495 e. The first-order valence-corrected chi connectivity index (χ1v) is 4.65. The smallest absolute Gasteiger partial charge is 0.276 e. The third-order valence-electron chi connectivity index (χ3n) is 1.81. The highest BCUT2D eigenvalue weighted by atomic mass is 32.2. The Morgan fingerprint density at radius 3 is 2.67 bits per heavy atom. The number of aryl methyl sites for hydroxylation is 1. The normalized spacial score (nSPS) is 10.1. The number of rotatable bonds is 4. The van der Waals surface area contributed by atoms with E-state index in [4.69, 9.17) is 9.99 Å². The number of ether oxygens (including phenoxy) is 1. The minimum atomic E-state index is -0.494. The minimum Gasteiger partial charge on any atom is -0.495 e. The molecule has 0 aliphatic carbocycles. The SMILES string of the molecule is COc1cc([N+](=O)[O-])c(C)cc1SOO. The number of hydrogen-bond acceptors (Lipinski definition) is 6. The molecule has 0 atom stereocenters. The van der Waals surface area contributed by atoms with E-state index in [1.165, 1.54) is 19.2 Å². The molecule has 0 saturated heterocycles. The van der Waals surface area contributed by atoms with E-state index in [9.17, 15) is 10.1 Å². The summed E-state index contributed by atoms with van der Waals surface area (Å²) in [5, 5.41) is 18.9. The van der Waals surface area contributed by atoms with Crippen LogP contribution in [0.5, 0.6) is 5.75 Å². The molecule has 0 unspecified atom stereocenters. The van der Waals surface area contributed by atoms with Gasteiger partial charge in [0, 0.05) is 5.56 Å². The quantitative estimate of drug-likeness (QED) is 0.371. The lowest BCUT2D eigenvalue weighted by Gasteiger charge is -2.06. The molecule has 15 heavy (non-hydrogen) atoms. The topological polar surface area (TPSA) is 81.8 Å². The maximum Gasteiger partial charge on any atom is 0.276 e. The number of hydrogen-bond donors (Lipinski definition) is 1. The predicted octanol–water partition coefficient (Wildman–Crippen LogP) is 2.41. The molecule has 0 saturated carbocycles. The van der Waals surface area contributed by atoms with E-state index in [0.717, 1.165) is 0 Å². The number of nitro groups is 1. The zero-order valence-corrected chi connectivity index (χ0v) is 8.91. The summed E-state index contributed by atoms with van der Waals surface area (Å²) in [5.41, 5.74) is 0.439. The van der Waals surface area contributed by atoms with E-state index in [-0.39, 0.29) is 11.4 Å². The Kier molecular flexibility index (Phi) is 3.89. The van der Waals surface area contributed by atoms with Gasteiger partial charge in [0.2, 0.25) is 0 Å². The van der Waals surface area contributed by atoms with Crippen molar-refractivity contribution in [3.8, 4) is 5.75 Å². The number of methoxy groups -OCH3 is 1. The van der Waals surface area contributed by atoms with Crippen LogP contribution < -0.4 is 4.74 Å². The second kappa shape index (κ2) is 4.96. The van der Waals surface area contributed by atoms with Crippen LogP contribution >= 0.6 is 12.0 Å². The first kappa shape index (κ1) is 11.8. The summed E-state index contributed by atoms with van der Waals surface area (Å²) in [6.45, 7) is 1.60. The molecule has 0 heterocycles. The molecule has 0 bridgehead atoms. The Hall–Kier alpha value is -1.31. The summed E-state index contributed by atoms with van der Waals surface area (Å²) >= 11 is 0.669. The van der Waals surface area contributed by atoms with Crippen molar-refractivity contribution in [2.45, 2.75) is 11.8 Å². The van der Waals surface area contributed by atoms with Gasteiger partial charge >= 0.3 is 0 Å². The summed E-state index contributed by atoms with van der Waals surface area (Å²) < 4.78 is 8.82. The molecule has 0 aromatic heterocycles. The average Bonchev–Trinajstić information content (AvgIpc) is 2.18. The Labute approximate surface area is 90.1 Å². The van der Waals surface area contributed by atoms with Crippen molar-refractivity contribution in [3.05, 3.63) is 27.8 Å². The zero-order valence-electron chi connectivity index (χ0n) is 8.09. The van der Waals surface area contributed by atoms with Gasteiger partial charge in [-0.3, -0.25) is 10.1 Å². The second-order valence-electron chi connectivity index (χ2n) is 2.70. The fourth-order valence-electron chi connectivity index (χ4n) is 1.11. The third-order valence-corrected chi connectivity index (χ3v) is 2.38. The van der Waals surface area contributed by atoms with Crippen LogP contribution in [0.15, 0.2) is 17.0 Å². The van der Waals surface area contributed by atoms with Gasteiger partial charge in [0.25, 0.3) is 5.69 Å². The highest BCUT2D eigenvalue weighted by Gasteiger charge is 2.16. The average molecular weight is 231 g/mol. The van der Waals surface area contributed by atoms with E-state index < -0.39 is 4.92 Å². The Balaban J connectivity index is 3.22. The van der Waals surface area contributed by atoms with E-state index in [1.54, 1.807) is 6.92 Å². The molecule has 0 aliphatic heterocycles. The molecule has 1 aromatic rings. The molecule has 1 rings (SSSR count). The molecule has 6 nitrogen and oxygen atoms in total. The molecule has 0 fully saturated rings. The van der Waals surface area contributed by atoms with E-state index >= 15 is 0 Å². The van der Waals surface area contributed by atoms with Crippen molar-refractivity contribution in [1.29, 1.82) is 0 Å². The minimum absolute atomic E-state index is 0.0332. The van der Waals surface area contributed by atoms with Crippen LogP contribution in [-0.2, 0) is 4.33 Å². The van der Waals surface area contributed by atoms with Crippen molar-refractivity contribution in [2.75, 3.05) is 7.11 Å². The summed E-state index contributed by atoms with van der Waals surface area (Å²) in [5.74, 6) is 0.284. The van der Waals surface area contributed by atoms with Gasteiger partial charge in [-0.2, -0.15) is 4.33 Å². The van der Waals surface area contributed by atoms with Crippen LogP contribution in [0.2, 0.25) is 0 Å². The highest BCUT2D eigenvalue weighted by molar-refractivity contribution is 7.94. The zero-order chi connectivity index (χ0) is 11.4. The van der Waals surface area contributed by atoms with Gasteiger partial charge in [0.15, 0.2) is 0 Å². The summed E-state index contributed by atoms with van der Waals surface area (Å²) in [4.78, 5) is 10.6. The van der Waals surface area contributed by atoms with Gasteiger partial charge in [-0.05, 0) is 13.0 Å². The molecule has 1 N–H and O–H groups in total. The fraction of sp³-hybridized carbons (Fsp3) is 0.250. The lowest BCUT2D eigenvalue weighted by Crippen LogP contribution is -1.95. The molecular formula is C8H9NO5S. The first-order valence-electron chi connectivity index (χ1n) is 3.91. The molecule has 0 spiro atoms. The number of benzene rings is 1. The summed E-state index contributed by atoms with van der Waals surface area (Å²) in [6, 6.07) is 2.80. The predicted molar refractivity (Wildman–Crippen MR) is 54.0 cm³/mol. The maximum absolute atomic E-state index is 10.6. The van der Waals surface area contributed by atoms with Crippen LogP contribution in [0.1, 0.15) is 5.56 Å². The second-order valence-corrected chi connectivity index (χ2v) is 3.46. The lowest BCUT2D eigenvalue weighted by atomic mass is 10.2. The number of nitro benzene ring substituents is 1. The molecule has 7 heteroatoms.